The number of methoxy groups -OCH3 is 2. The molecule has 1 aliphatic rings. The predicted octanol–water partition coefficient (Wildman–Crippen LogP) is 3.73. The monoisotopic (exact) mass is 475 g/mol. The molecule has 0 atom stereocenters. The second-order valence-corrected chi connectivity index (χ2v) is 8.13. The van der Waals surface area contributed by atoms with Gasteiger partial charge in [0, 0.05) is 41.2 Å². The molecular formula is C25H25N5O5. The lowest BCUT2D eigenvalue weighted by Crippen LogP contribution is -2.14. The summed E-state index contributed by atoms with van der Waals surface area (Å²) in [5, 5.41) is 7.58. The Kier molecular flexibility index (Phi) is 5.86. The molecule has 2 aromatic heterocycles. The lowest BCUT2D eigenvalue weighted by Gasteiger charge is -2.11. The third-order valence-corrected chi connectivity index (χ3v) is 5.92. The normalized spacial score (nSPS) is 12.1. The van der Waals surface area contributed by atoms with Gasteiger partial charge in [0.05, 0.1) is 14.2 Å². The second-order valence-electron chi connectivity index (χ2n) is 8.13. The quantitative estimate of drug-likeness (QED) is 0.431. The van der Waals surface area contributed by atoms with Crippen LogP contribution in [0, 0.1) is 13.8 Å². The van der Waals surface area contributed by atoms with Gasteiger partial charge in [-0.05, 0) is 50.1 Å². The van der Waals surface area contributed by atoms with Gasteiger partial charge in [-0.1, -0.05) is 0 Å². The fourth-order valence-electron chi connectivity index (χ4n) is 4.07. The molecule has 4 aromatic rings. The number of anilines is 1. The molecule has 3 heterocycles. The zero-order valence-corrected chi connectivity index (χ0v) is 19.9. The maximum atomic E-state index is 12.6. The summed E-state index contributed by atoms with van der Waals surface area (Å²) in [6.45, 7) is 4.06. The average molecular weight is 476 g/mol. The Bertz CT molecular complexity index is 1410. The van der Waals surface area contributed by atoms with Crippen molar-refractivity contribution in [3.63, 3.8) is 0 Å². The zero-order valence-electron chi connectivity index (χ0n) is 19.9. The summed E-state index contributed by atoms with van der Waals surface area (Å²) in [4.78, 5) is 21.9. The number of fused-ring (bicyclic) bond motifs is 2. The number of ether oxygens (including phenoxy) is 4. The van der Waals surface area contributed by atoms with Crippen LogP contribution in [0.5, 0.6) is 23.0 Å². The lowest BCUT2D eigenvalue weighted by molar-refractivity contribution is -0.116. The van der Waals surface area contributed by atoms with Gasteiger partial charge in [-0.3, -0.25) is 4.79 Å². The standard InChI is InChI=1S/C25H25N5O5/c1-14-20(6-8-23(31)27-17-5-7-21-22(11-17)35-13-34-21)15(2)30-25(26-14)28-24(29-30)16-9-18(32-3)12-19(10-16)33-4/h5,7,9-12H,6,8,13H2,1-4H3,(H,27,31). The van der Waals surface area contributed by atoms with Gasteiger partial charge in [0.2, 0.25) is 12.7 Å². The first-order chi connectivity index (χ1) is 16.9. The molecule has 35 heavy (non-hydrogen) atoms. The van der Waals surface area contributed by atoms with E-state index in [-0.39, 0.29) is 19.1 Å². The Morgan fingerprint density at radius 3 is 2.51 bits per heavy atom. The molecule has 0 unspecified atom stereocenters. The highest BCUT2D eigenvalue weighted by atomic mass is 16.7. The summed E-state index contributed by atoms with van der Waals surface area (Å²) in [6, 6.07) is 10.8. The smallest absolute Gasteiger partial charge is 0.253 e. The Morgan fingerprint density at radius 2 is 1.77 bits per heavy atom. The first-order valence-corrected chi connectivity index (χ1v) is 11.1. The van der Waals surface area contributed by atoms with E-state index in [4.69, 9.17) is 18.9 Å². The Balaban J connectivity index is 1.36. The highest BCUT2D eigenvalue weighted by Gasteiger charge is 2.18. The molecule has 2 aromatic carbocycles. The largest absolute Gasteiger partial charge is 0.497 e. The van der Waals surface area contributed by atoms with E-state index < -0.39 is 0 Å². The van der Waals surface area contributed by atoms with Crippen molar-refractivity contribution in [3.8, 4) is 34.4 Å². The molecule has 0 saturated carbocycles. The van der Waals surface area contributed by atoms with Crippen LogP contribution in [0.3, 0.4) is 0 Å². The van der Waals surface area contributed by atoms with Crippen LogP contribution in [0.25, 0.3) is 17.2 Å². The van der Waals surface area contributed by atoms with Crippen LogP contribution in [0.15, 0.2) is 36.4 Å². The van der Waals surface area contributed by atoms with Crippen LogP contribution in [0.4, 0.5) is 5.69 Å². The van der Waals surface area contributed by atoms with Gasteiger partial charge in [0.25, 0.3) is 5.78 Å². The molecule has 0 aliphatic carbocycles. The van der Waals surface area contributed by atoms with Gasteiger partial charge >= 0.3 is 0 Å². The molecule has 180 valence electrons. The van der Waals surface area contributed by atoms with Crippen molar-refractivity contribution < 1.29 is 23.7 Å². The minimum Gasteiger partial charge on any atom is -0.497 e. The highest BCUT2D eigenvalue weighted by molar-refractivity contribution is 5.91. The second kappa shape index (κ2) is 9.13. The summed E-state index contributed by atoms with van der Waals surface area (Å²) in [6.07, 6.45) is 0.803. The van der Waals surface area contributed by atoms with Gasteiger partial charge < -0.3 is 24.3 Å². The van der Waals surface area contributed by atoms with Crippen LogP contribution in [-0.4, -0.2) is 46.5 Å². The van der Waals surface area contributed by atoms with E-state index in [1.54, 1.807) is 43.0 Å². The summed E-state index contributed by atoms with van der Waals surface area (Å²) >= 11 is 0. The van der Waals surface area contributed by atoms with Crippen molar-refractivity contribution in [1.29, 1.82) is 0 Å². The summed E-state index contributed by atoms with van der Waals surface area (Å²) < 4.78 is 23.1. The third kappa shape index (κ3) is 4.42. The van der Waals surface area contributed by atoms with Crippen LogP contribution >= 0.6 is 0 Å². The predicted molar refractivity (Wildman–Crippen MR) is 128 cm³/mol. The Labute approximate surface area is 201 Å². The van der Waals surface area contributed by atoms with E-state index >= 15 is 0 Å². The van der Waals surface area contributed by atoms with Gasteiger partial charge in [-0.25, -0.2) is 9.50 Å². The maximum Gasteiger partial charge on any atom is 0.253 e. The summed E-state index contributed by atoms with van der Waals surface area (Å²) in [5.41, 5.74) is 4.08. The molecule has 10 nitrogen and oxygen atoms in total. The summed E-state index contributed by atoms with van der Waals surface area (Å²) in [7, 11) is 3.19. The SMILES string of the molecule is COc1cc(OC)cc(-c2nc3nc(C)c(CCC(=O)Nc4ccc5c(c4)OCO5)c(C)n3n2)c1. The number of carbonyl (C=O) groups excluding carboxylic acids is 1. The molecule has 1 amide bonds. The molecule has 0 spiro atoms. The number of rotatable bonds is 7. The van der Waals surface area contributed by atoms with Crippen molar-refractivity contribution in [2.24, 2.45) is 0 Å². The Morgan fingerprint density at radius 1 is 1.03 bits per heavy atom. The number of nitrogens with zero attached hydrogens (tertiary/aromatic N) is 4. The molecule has 0 radical (unpaired) electrons. The van der Waals surface area contributed by atoms with Gasteiger partial charge in [-0.15, -0.1) is 5.10 Å². The van der Waals surface area contributed by atoms with Crippen LogP contribution in [0.2, 0.25) is 0 Å². The van der Waals surface area contributed by atoms with E-state index in [0.29, 0.717) is 46.7 Å². The molecule has 0 bridgehead atoms. The topological polar surface area (TPSA) is 109 Å². The summed E-state index contributed by atoms with van der Waals surface area (Å²) in [5.74, 6) is 3.49. The molecule has 5 rings (SSSR count). The number of nitrogens with one attached hydrogen (secondary N) is 1. The highest BCUT2D eigenvalue weighted by Crippen LogP contribution is 2.34. The number of benzene rings is 2. The number of carbonyl (C=O) groups is 1. The van der Waals surface area contributed by atoms with Crippen LogP contribution < -0.4 is 24.3 Å². The first-order valence-electron chi connectivity index (χ1n) is 11.1. The van der Waals surface area contributed by atoms with Crippen LogP contribution in [0.1, 0.15) is 23.4 Å². The molecule has 10 heteroatoms. The van der Waals surface area contributed by atoms with E-state index in [0.717, 1.165) is 22.5 Å². The fraction of sp³-hybridized carbons (Fsp3) is 0.280. The zero-order chi connectivity index (χ0) is 24.5. The number of amides is 1. The number of hydrogen-bond acceptors (Lipinski definition) is 8. The van der Waals surface area contributed by atoms with Gasteiger partial charge in [0.1, 0.15) is 11.5 Å². The molecule has 1 aliphatic heterocycles. The molecule has 0 fully saturated rings. The van der Waals surface area contributed by atoms with E-state index in [9.17, 15) is 4.79 Å². The van der Waals surface area contributed by atoms with Crippen molar-refractivity contribution in [1.82, 2.24) is 19.6 Å². The van der Waals surface area contributed by atoms with E-state index in [1.807, 2.05) is 26.0 Å². The number of hydrogen-bond donors (Lipinski definition) is 1. The van der Waals surface area contributed by atoms with Crippen molar-refractivity contribution >= 4 is 17.4 Å². The minimum atomic E-state index is -0.106. The Hall–Kier alpha value is -4.34. The minimum absolute atomic E-state index is 0.106. The van der Waals surface area contributed by atoms with Crippen molar-refractivity contribution in [2.75, 3.05) is 26.3 Å². The van der Waals surface area contributed by atoms with E-state index in [1.165, 1.54) is 0 Å². The average Bonchev–Trinajstić information content (AvgIpc) is 3.50. The molecule has 1 N–H and O–H groups in total. The third-order valence-electron chi connectivity index (χ3n) is 5.92. The van der Waals surface area contributed by atoms with Crippen molar-refractivity contribution in [2.45, 2.75) is 26.7 Å². The number of aryl methyl sites for hydroxylation is 2. The molecular weight excluding hydrogens is 450 g/mol. The van der Waals surface area contributed by atoms with E-state index in [2.05, 4.69) is 20.4 Å². The van der Waals surface area contributed by atoms with Gasteiger partial charge in [0.15, 0.2) is 17.3 Å². The first kappa shape index (κ1) is 22.5. The molecule has 0 saturated heterocycles. The number of aromatic nitrogens is 4. The lowest BCUT2D eigenvalue weighted by atomic mass is 10.1. The maximum absolute atomic E-state index is 12.6. The van der Waals surface area contributed by atoms with Crippen LogP contribution in [-0.2, 0) is 11.2 Å². The van der Waals surface area contributed by atoms with Crippen molar-refractivity contribution in [3.05, 3.63) is 53.3 Å². The fourth-order valence-corrected chi connectivity index (χ4v) is 4.07. The van der Waals surface area contributed by atoms with Gasteiger partial charge in [-0.2, -0.15) is 4.98 Å².